The summed E-state index contributed by atoms with van der Waals surface area (Å²) in [6.45, 7) is 2.35. The van der Waals surface area contributed by atoms with Crippen LogP contribution in [0.5, 0.6) is 0 Å². The van der Waals surface area contributed by atoms with Gasteiger partial charge in [0.1, 0.15) is 11.9 Å². The fourth-order valence-corrected chi connectivity index (χ4v) is 3.64. The van der Waals surface area contributed by atoms with Crippen LogP contribution in [-0.4, -0.2) is 0 Å². The molecule has 0 unspecified atom stereocenters. The Labute approximate surface area is 144 Å². The molecule has 0 aromatic heterocycles. The number of hydrogen-bond donors (Lipinski definition) is 0. The Balaban J connectivity index is 1.58. The third-order valence-electron chi connectivity index (χ3n) is 5.32. The molecule has 0 amide bonds. The molecule has 2 aromatic carbocycles. The molecule has 24 heavy (non-hydrogen) atoms. The van der Waals surface area contributed by atoms with Gasteiger partial charge in [-0.3, -0.25) is 0 Å². The Morgan fingerprint density at radius 2 is 1.58 bits per heavy atom. The lowest BCUT2D eigenvalue weighted by Crippen LogP contribution is -2.10. The van der Waals surface area contributed by atoms with Crippen LogP contribution in [0.3, 0.4) is 0 Å². The molecule has 0 N–H and O–H groups in total. The maximum Gasteiger partial charge on any atom is 0.141 e. The minimum Gasteiger partial charge on any atom is -0.206 e. The van der Waals surface area contributed by atoms with Gasteiger partial charge in [-0.25, -0.2) is 4.39 Å². The van der Waals surface area contributed by atoms with Gasteiger partial charge in [0.15, 0.2) is 0 Å². The van der Waals surface area contributed by atoms with E-state index in [0.717, 1.165) is 30.2 Å². The van der Waals surface area contributed by atoms with E-state index in [2.05, 4.69) is 31.2 Å². The third kappa shape index (κ3) is 4.03. The number of aryl methyl sites for hydroxylation is 2. The zero-order valence-electron chi connectivity index (χ0n) is 14.3. The van der Waals surface area contributed by atoms with Crippen molar-refractivity contribution in [2.45, 2.75) is 51.4 Å². The van der Waals surface area contributed by atoms with Crippen LogP contribution in [0.2, 0.25) is 0 Å². The Morgan fingerprint density at radius 1 is 0.958 bits per heavy atom. The molecule has 0 saturated heterocycles. The topological polar surface area (TPSA) is 23.8 Å². The van der Waals surface area contributed by atoms with Crippen molar-refractivity contribution >= 4 is 0 Å². The zero-order valence-corrected chi connectivity index (χ0v) is 14.3. The van der Waals surface area contributed by atoms with E-state index in [1.54, 1.807) is 6.07 Å². The van der Waals surface area contributed by atoms with E-state index in [9.17, 15) is 4.39 Å². The van der Waals surface area contributed by atoms with Gasteiger partial charge in [-0.2, -0.15) is 5.26 Å². The Bertz CT molecular complexity index is 719. The largest absolute Gasteiger partial charge is 0.206 e. The summed E-state index contributed by atoms with van der Waals surface area (Å²) >= 11 is 0. The molecule has 1 aliphatic carbocycles. The van der Waals surface area contributed by atoms with Crippen molar-refractivity contribution in [3.8, 4) is 6.07 Å². The molecular formula is C22H24FN. The molecule has 0 heterocycles. The first-order valence-electron chi connectivity index (χ1n) is 8.93. The molecule has 0 bridgehead atoms. The average molecular weight is 321 g/mol. The van der Waals surface area contributed by atoms with Crippen LogP contribution in [0, 0.1) is 23.1 Å². The van der Waals surface area contributed by atoms with Gasteiger partial charge in [-0.05, 0) is 66.3 Å². The Kier molecular flexibility index (Phi) is 5.30. The SMILES string of the molecule is CC1CCC(c2ccc(CCc3ccc(C#N)c(F)c3)cc2)CC1. The van der Waals surface area contributed by atoms with Crippen LogP contribution in [0.15, 0.2) is 42.5 Å². The maximum absolute atomic E-state index is 13.6. The standard InChI is InChI=1S/C22H24FN/c1-16-2-9-19(10-3-16)20-11-6-17(7-12-20)4-5-18-8-13-21(15-24)22(23)14-18/h6-8,11-14,16,19H,2-5,9-10H2,1H3. The molecule has 1 fully saturated rings. The van der Waals surface area contributed by atoms with Crippen LogP contribution in [-0.2, 0) is 12.8 Å². The zero-order chi connectivity index (χ0) is 16.9. The van der Waals surface area contributed by atoms with E-state index < -0.39 is 5.82 Å². The van der Waals surface area contributed by atoms with Crippen LogP contribution in [0.4, 0.5) is 4.39 Å². The van der Waals surface area contributed by atoms with Gasteiger partial charge in [-0.1, -0.05) is 50.1 Å². The molecule has 1 nitrogen and oxygen atoms in total. The predicted molar refractivity (Wildman–Crippen MR) is 95.3 cm³/mol. The highest BCUT2D eigenvalue weighted by atomic mass is 19.1. The smallest absolute Gasteiger partial charge is 0.141 e. The van der Waals surface area contributed by atoms with Crippen molar-refractivity contribution in [3.05, 3.63) is 70.5 Å². The fourth-order valence-electron chi connectivity index (χ4n) is 3.64. The van der Waals surface area contributed by atoms with Crippen molar-refractivity contribution in [2.75, 3.05) is 0 Å². The van der Waals surface area contributed by atoms with Gasteiger partial charge < -0.3 is 0 Å². The van der Waals surface area contributed by atoms with E-state index in [-0.39, 0.29) is 5.56 Å². The molecule has 2 heteroatoms. The van der Waals surface area contributed by atoms with Gasteiger partial charge in [0.2, 0.25) is 0 Å². The molecule has 0 atom stereocenters. The van der Waals surface area contributed by atoms with Crippen molar-refractivity contribution in [3.63, 3.8) is 0 Å². The van der Waals surface area contributed by atoms with Gasteiger partial charge in [0.25, 0.3) is 0 Å². The van der Waals surface area contributed by atoms with E-state index in [0.29, 0.717) is 0 Å². The average Bonchev–Trinajstić information content (AvgIpc) is 2.61. The van der Waals surface area contributed by atoms with Crippen LogP contribution in [0.1, 0.15) is 60.8 Å². The maximum atomic E-state index is 13.6. The molecule has 0 radical (unpaired) electrons. The minimum absolute atomic E-state index is 0.116. The second-order valence-corrected chi connectivity index (χ2v) is 7.12. The van der Waals surface area contributed by atoms with E-state index in [1.165, 1.54) is 42.9 Å². The molecule has 0 aliphatic heterocycles. The molecule has 1 aliphatic rings. The number of hydrogen-bond acceptors (Lipinski definition) is 1. The van der Waals surface area contributed by atoms with Crippen molar-refractivity contribution in [1.82, 2.24) is 0 Å². The number of nitrogens with zero attached hydrogens (tertiary/aromatic N) is 1. The Hall–Kier alpha value is -2.14. The first kappa shape index (κ1) is 16.7. The normalized spacial score (nSPS) is 20.5. The minimum atomic E-state index is -0.420. The summed E-state index contributed by atoms with van der Waals surface area (Å²) in [4.78, 5) is 0. The van der Waals surface area contributed by atoms with Crippen LogP contribution < -0.4 is 0 Å². The second-order valence-electron chi connectivity index (χ2n) is 7.12. The summed E-state index contributed by atoms with van der Waals surface area (Å²) in [5.74, 6) is 1.19. The third-order valence-corrected chi connectivity index (χ3v) is 5.32. The highest BCUT2D eigenvalue weighted by Crippen LogP contribution is 2.35. The van der Waals surface area contributed by atoms with Gasteiger partial charge in [0, 0.05) is 0 Å². The lowest BCUT2D eigenvalue weighted by molar-refractivity contribution is 0.348. The summed E-state index contributed by atoms with van der Waals surface area (Å²) in [6.07, 6.45) is 7.00. The lowest BCUT2D eigenvalue weighted by atomic mass is 9.79. The van der Waals surface area contributed by atoms with Crippen molar-refractivity contribution in [2.24, 2.45) is 5.92 Å². The van der Waals surface area contributed by atoms with Gasteiger partial charge in [-0.15, -0.1) is 0 Å². The highest BCUT2D eigenvalue weighted by molar-refractivity contribution is 5.34. The first-order valence-corrected chi connectivity index (χ1v) is 8.93. The number of halogens is 1. The van der Waals surface area contributed by atoms with Gasteiger partial charge >= 0.3 is 0 Å². The number of nitriles is 1. The van der Waals surface area contributed by atoms with Crippen LogP contribution >= 0.6 is 0 Å². The Morgan fingerprint density at radius 3 is 2.21 bits per heavy atom. The van der Waals surface area contributed by atoms with Crippen molar-refractivity contribution in [1.29, 1.82) is 5.26 Å². The number of rotatable bonds is 4. The second kappa shape index (κ2) is 7.62. The molecule has 3 rings (SSSR count). The van der Waals surface area contributed by atoms with Crippen molar-refractivity contribution < 1.29 is 4.39 Å². The van der Waals surface area contributed by atoms with E-state index >= 15 is 0 Å². The van der Waals surface area contributed by atoms with E-state index in [4.69, 9.17) is 5.26 Å². The van der Waals surface area contributed by atoms with Gasteiger partial charge in [0.05, 0.1) is 5.56 Å². The first-order chi connectivity index (χ1) is 11.7. The fraction of sp³-hybridized carbons (Fsp3) is 0.409. The van der Waals surface area contributed by atoms with E-state index in [1.807, 2.05) is 12.1 Å². The molecule has 0 spiro atoms. The molecular weight excluding hydrogens is 297 g/mol. The lowest BCUT2D eigenvalue weighted by Gasteiger charge is -2.26. The van der Waals surface area contributed by atoms with Crippen LogP contribution in [0.25, 0.3) is 0 Å². The molecule has 124 valence electrons. The summed E-state index contributed by atoms with van der Waals surface area (Å²) in [5.41, 5.74) is 3.81. The summed E-state index contributed by atoms with van der Waals surface area (Å²) in [6, 6.07) is 15.7. The monoisotopic (exact) mass is 321 g/mol. The quantitative estimate of drug-likeness (QED) is 0.700. The predicted octanol–water partition coefficient (Wildman–Crippen LogP) is 5.78. The summed E-state index contributed by atoms with van der Waals surface area (Å²) < 4.78 is 13.6. The number of benzene rings is 2. The summed E-state index contributed by atoms with van der Waals surface area (Å²) in [5, 5.41) is 8.78. The molecule has 2 aromatic rings. The molecule has 1 saturated carbocycles. The highest BCUT2D eigenvalue weighted by Gasteiger charge is 2.19. The summed E-state index contributed by atoms with van der Waals surface area (Å²) in [7, 11) is 0.